The van der Waals surface area contributed by atoms with Crippen LogP contribution in [0.15, 0.2) is 41.3 Å². The SMILES string of the molecule is Cn1cc(C(=O)N2CCC[C@](C)(Cc3ccc4c(c3)OCO4)C2)ccc1=O. The summed E-state index contributed by atoms with van der Waals surface area (Å²) < 4.78 is 12.3. The summed E-state index contributed by atoms with van der Waals surface area (Å²) in [4.78, 5) is 26.4. The number of carbonyl (C=O) groups is 1. The molecule has 2 aliphatic heterocycles. The van der Waals surface area contributed by atoms with Gasteiger partial charge in [-0.15, -0.1) is 0 Å². The van der Waals surface area contributed by atoms with Crippen LogP contribution in [0, 0.1) is 5.41 Å². The molecule has 0 unspecified atom stereocenters. The van der Waals surface area contributed by atoms with Crippen LogP contribution in [-0.2, 0) is 13.5 Å². The first-order chi connectivity index (χ1) is 12.9. The normalized spacial score (nSPS) is 21.3. The molecule has 0 radical (unpaired) electrons. The molecule has 6 nitrogen and oxygen atoms in total. The molecule has 0 saturated carbocycles. The molecular formula is C21H24N2O4. The van der Waals surface area contributed by atoms with E-state index in [1.807, 2.05) is 17.0 Å². The first kappa shape index (κ1) is 17.6. The van der Waals surface area contributed by atoms with E-state index >= 15 is 0 Å². The number of aromatic nitrogens is 1. The Morgan fingerprint density at radius 3 is 2.81 bits per heavy atom. The van der Waals surface area contributed by atoms with E-state index in [4.69, 9.17) is 9.47 Å². The second-order valence-electron chi connectivity index (χ2n) is 7.87. The summed E-state index contributed by atoms with van der Waals surface area (Å²) >= 11 is 0. The second-order valence-corrected chi connectivity index (χ2v) is 7.87. The summed E-state index contributed by atoms with van der Waals surface area (Å²) in [6, 6.07) is 9.14. The highest BCUT2D eigenvalue weighted by atomic mass is 16.7. The minimum Gasteiger partial charge on any atom is -0.454 e. The maximum Gasteiger partial charge on any atom is 0.255 e. The van der Waals surface area contributed by atoms with Crippen LogP contribution >= 0.6 is 0 Å². The number of amides is 1. The molecule has 2 aromatic rings. The van der Waals surface area contributed by atoms with Crippen molar-refractivity contribution in [2.45, 2.75) is 26.2 Å². The Kier molecular flexibility index (Phi) is 4.42. The van der Waals surface area contributed by atoms with Crippen LogP contribution in [0.25, 0.3) is 0 Å². The Labute approximate surface area is 158 Å². The average molecular weight is 368 g/mol. The molecule has 1 fully saturated rings. The molecule has 1 atom stereocenters. The molecule has 4 rings (SSSR count). The van der Waals surface area contributed by atoms with Gasteiger partial charge < -0.3 is 18.9 Å². The molecule has 1 amide bonds. The van der Waals surface area contributed by atoms with Crippen molar-refractivity contribution in [1.82, 2.24) is 9.47 Å². The summed E-state index contributed by atoms with van der Waals surface area (Å²) in [6.45, 7) is 3.96. The minimum absolute atomic E-state index is 0.00225. The number of rotatable bonds is 3. The standard InChI is InChI=1S/C21H24N2O4/c1-21(11-15-4-6-17-18(10-15)27-14-26-17)8-3-9-23(13-21)20(25)16-5-7-19(24)22(2)12-16/h4-7,10,12H,3,8-9,11,13-14H2,1-2H3/t21-/m1/s1. The van der Waals surface area contributed by atoms with Crippen LogP contribution in [-0.4, -0.2) is 35.3 Å². The fraction of sp³-hybridized carbons (Fsp3) is 0.429. The molecule has 0 aliphatic carbocycles. The third kappa shape index (κ3) is 3.56. The van der Waals surface area contributed by atoms with E-state index < -0.39 is 0 Å². The summed E-state index contributed by atoms with van der Waals surface area (Å²) in [6.07, 6.45) is 4.53. The van der Waals surface area contributed by atoms with Gasteiger partial charge in [-0.3, -0.25) is 9.59 Å². The number of fused-ring (bicyclic) bond motifs is 1. The van der Waals surface area contributed by atoms with Gasteiger partial charge in [0.15, 0.2) is 11.5 Å². The van der Waals surface area contributed by atoms with Crippen molar-refractivity contribution in [2.24, 2.45) is 12.5 Å². The maximum atomic E-state index is 12.9. The molecule has 27 heavy (non-hydrogen) atoms. The van der Waals surface area contributed by atoms with Crippen molar-refractivity contribution < 1.29 is 14.3 Å². The number of hydrogen-bond donors (Lipinski definition) is 0. The van der Waals surface area contributed by atoms with Gasteiger partial charge in [-0.1, -0.05) is 13.0 Å². The van der Waals surface area contributed by atoms with Crippen molar-refractivity contribution in [2.75, 3.05) is 19.9 Å². The Morgan fingerprint density at radius 1 is 1.19 bits per heavy atom. The lowest BCUT2D eigenvalue weighted by molar-refractivity contribution is 0.0550. The van der Waals surface area contributed by atoms with Gasteiger partial charge in [0.1, 0.15) is 0 Å². The van der Waals surface area contributed by atoms with Crippen LogP contribution < -0.4 is 15.0 Å². The summed E-state index contributed by atoms with van der Waals surface area (Å²) in [5.41, 5.74) is 1.64. The van der Waals surface area contributed by atoms with Gasteiger partial charge in [0.2, 0.25) is 12.4 Å². The van der Waals surface area contributed by atoms with Gasteiger partial charge in [0, 0.05) is 32.4 Å². The molecule has 1 aromatic heterocycles. The topological polar surface area (TPSA) is 60.8 Å². The van der Waals surface area contributed by atoms with Gasteiger partial charge in [-0.05, 0) is 48.4 Å². The largest absolute Gasteiger partial charge is 0.454 e. The molecule has 6 heteroatoms. The number of carbonyl (C=O) groups excluding carboxylic acids is 1. The van der Waals surface area contributed by atoms with E-state index in [1.165, 1.54) is 16.2 Å². The molecular weight excluding hydrogens is 344 g/mol. The fourth-order valence-corrected chi connectivity index (χ4v) is 4.08. The zero-order valence-electron chi connectivity index (χ0n) is 15.7. The van der Waals surface area contributed by atoms with Crippen molar-refractivity contribution >= 4 is 5.91 Å². The molecule has 0 bridgehead atoms. The number of aryl methyl sites for hydroxylation is 1. The number of benzene rings is 1. The number of piperidine rings is 1. The predicted octanol–water partition coefficient (Wildman–Crippen LogP) is 2.60. The van der Waals surface area contributed by atoms with Gasteiger partial charge in [-0.25, -0.2) is 0 Å². The summed E-state index contributed by atoms with van der Waals surface area (Å²) in [7, 11) is 1.67. The Bertz CT molecular complexity index is 936. The van der Waals surface area contributed by atoms with Crippen molar-refractivity contribution in [3.05, 3.63) is 58.0 Å². The number of likely N-dealkylation sites (tertiary alicyclic amines) is 1. The van der Waals surface area contributed by atoms with Crippen LogP contribution in [0.4, 0.5) is 0 Å². The minimum atomic E-state index is -0.113. The van der Waals surface area contributed by atoms with E-state index in [-0.39, 0.29) is 23.7 Å². The van der Waals surface area contributed by atoms with E-state index in [9.17, 15) is 9.59 Å². The van der Waals surface area contributed by atoms with E-state index in [0.29, 0.717) is 12.1 Å². The number of pyridine rings is 1. The monoisotopic (exact) mass is 368 g/mol. The summed E-state index contributed by atoms with van der Waals surface area (Å²) in [5.74, 6) is 1.58. The van der Waals surface area contributed by atoms with Gasteiger partial charge in [0.25, 0.3) is 5.91 Å². The third-order valence-corrected chi connectivity index (χ3v) is 5.47. The van der Waals surface area contributed by atoms with Crippen LogP contribution in [0.2, 0.25) is 0 Å². The first-order valence-electron chi connectivity index (χ1n) is 9.28. The molecule has 1 saturated heterocycles. The van der Waals surface area contributed by atoms with Crippen LogP contribution in [0.3, 0.4) is 0 Å². The van der Waals surface area contributed by atoms with Gasteiger partial charge in [0.05, 0.1) is 5.56 Å². The molecule has 3 heterocycles. The first-order valence-corrected chi connectivity index (χ1v) is 9.28. The second kappa shape index (κ2) is 6.76. The number of ether oxygens (including phenoxy) is 2. The Hall–Kier alpha value is -2.76. The van der Waals surface area contributed by atoms with E-state index in [1.54, 1.807) is 19.3 Å². The quantitative estimate of drug-likeness (QED) is 0.836. The summed E-state index contributed by atoms with van der Waals surface area (Å²) in [5, 5.41) is 0. The number of hydrogen-bond acceptors (Lipinski definition) is 4. The van der Waals surface area contributed by atoms with Gasteiger partial charge in [-0.2, -0.15) is 0 Å². The maximum absolute atomic E-state index is 12.9. The lowest BCUT2D eigenvalue weighted by Gasteiger charge is -2.40. The smallest absolute Gasteiger partial charge is 0.255 e. The lowest BCUT2D eigenvalue weighted by Crippen LogP contribution is -2.46. The molecule has 1 aromatic carbocycles. The van der Waals surface area contributed by atoms with Crippen molar-refractivity contribution in [3.63, 3.8) is 0 Å². The Morgan fingerprint density at radius 2 is 2.00 bits per heavy atom. The van der Waals surface area contributed by atoms with Crippen molar-refractivity contribution in [1.29, 1.82) is 0 Å². The van der Waals surface area contributed by atoms with E-state index in [0.717, 1.165) is 37.3 Å². The van der Waals surface area contributed by atoms with Crippen molar-refractivity contribution in [3.8, 4) is 11.5 Å². The molecule has 142 valence electrons. The Balaban J connectivity index is 1.50. The highest BCUT2D eigenvalue weighted by Crippen LogP contribution is 2.37. The van der Waals surface area contributed by atoms with E-state index in [2.05, 4.69) is 13.0 Å². The highest BCUT2D eigenvalue weighted by Gasteiger charge is 2.34. The zero-order valence-corrected chi connectivity index (χ0v) is 15.7. The number of nitrogens with zero attached hydrogens (tertiary/aromatic N) is 2. The molecule has 0 spiro atoms. The molecule has 2 aliphatic rings. The van der Waals surface area contributed by atoms with Gasteiger partial charge >= 0.3 is 0 Å². The fourth-order valence-electron chi connectivity index (χ4n) is 4.08. The van der Waals surface area contributed by atoms with Crippen LogP contribution in [0.1, 0.15) is 35.7 Å². The van der Waals surface area contributed by atoms with Crippen LogP contribution in [0.5, 0.6) is 11.5 Å². The zero-order chi connectivity index (χ0) is 19.0. The predicted molar refractivity (Wildman–Crippen MR) is 101 cm³/mol. The average Bonchev–Trinajstić information content (AvgIpc) is 3.11. The highest BCUT2D eigenvalue weighted by molar-refractivity contribution is 5.94. The third-order valence-electron chi connectivity index (χ3n) is 5.47. The molecule has 0 N–H and O–H groups in total. The lowest BCUT2D eigenvalue weighted by atomic mass is 9.76.